The molecule has 8 heteroatoms. The topological polar surface area (TPSA) is 68.5 Å². The third-order valence-electron chi connectivity index (χ3n) is 5.54. The molecule has 3 heterocycles. The van der Waals surface area contributed by atoms with Gasteiger partial charge in [0.25, 0.3) is 0 Å². The first-order valence-electron chi connectivity index (χ1n) is 11.1. The van der Waals surface area contributed by atoms with Gasteiger partial charge in [0.15, 0.2) is 5.96 Å². The minimum absolute atomic E-state index is 0. The van der Waals surface area contributed by atoms with Crippen molar-refractivity contribution in [2.75, 3.05) is 53.1 Å². The van der Waals surface area contributed by atoms with E-state index in [9.17, 15) is 0 Å². The number of hydrogen-bond donors (Lipinski definition) is 1. The van der Waals surface area contributed by atoms with Crippen LogP contribution < -0.4 is 5.32 Å². The molecular weight excluding hydrogens is 497 g/mol. The molecule has 1 unspecified atom stereocenters. The molecule has 2 fully saturated rings. The van der Waals surface area contributed by atoms with Crippen molar-refractivity contribution in [3.05, 3.63) is 24.2 Å². The van der Waals surface area contributed by atoms with Crippen molar-refractivity contribution >= 4 is 29.9 Å². The van der Waals surface area contributed by atoms with Gasteiger partial charge in [-0.15, -0.1) is 24.0 Å². The minimum Gasteiger partial charge on any atom is -0.469 e. The molecule has 2 aliphatic heterocycles. The molecule has 30 heavy (non-hydrogen) atoms. The van der Waals surface area contributed by atoms with Gasteiger partial charge in [0.05, 0.1) is 25.0 Å². The van der Waals surface area contributed by atoms with Crippen molar-refractivity contribution in [1.82, 2.24) is 10.2 Å². The largest absolute Gasteiger partial charge is 0.469 e. The third kappa shape index (κ3) is 9.11. The maximum atomic E-state index is 6.00. The highest BCUT2D eigenvalue weighted by molar-refractivity contribution is 14.0. The van der Waals surface area contributed by atoms with Crippen LogP contribution in [0.2, 0.25) is 0 Å². The van der Waals surface area contributed by atoms with Crippen molar-refractivity contribution in [2.24, 2.45) is 4.99 Å². The molecular formula is C22H38IN3O4. The number of halogens is 1. The molecule has 1 N–H and O–H groups in total. The average Bonchev–Trinajstić information content (AvgIpc) is 3.28. The number of ether oxygens (including phenoxy) is 3. The second-order valence-electron chi connectivity index (χ2n) is 7.81. The number of guanidine groups is 1. The summed E-state index contributed by atoms with van der Waals surface area (Å²) in [4.78, 5) is 7.28. The zero-order valence-electron chi connectivity index (χ0n) is 18.2. The fraction of sp³-hybridized carbons (Fsp3) is 0.773. The Bertz CT molecular complexity index is 571. The van der Waals surface area contributed by atoms with Crippen molar-refractivity contribution < 1.29 is 18.6 Å². The molecule has 7 nitrogen and oxygen atoms in total. The summed E-state index contributed by atoms with van der Waals surface area (Å²) in [5.74, 6) is 1.99. The van der Waals surface area contributed by atoms with Crippen molar-refractivity contribution in [2.45, 2.75) is 57.2 Å². The highest BCUT2D eigenvalue weighted by Crippen LogP contribution is 2.16. The maximum absolute atomic E-state index is 6.00. The Labute approximate surface area is 197 Å². The Morgan fingerprint density at radius 3 is 2.80 bits per heavy atom. The normalized spacial score (nSPS) is 20.8. The van der Waals surface area contributed by atoms with Crippen LogP contribution in [0.5, 0.6) is 0 Å². The first-order chi connectivity index (χ1) is 14.3. The standard InChI is InChI=1S/C22H37N3O4.HI/c1-26-14-5-17-28-20-9-12-25(13-10-20)22(23-11-8-19-7-4-16-27-19)24-18-21-6-2-3-15-29-21;/h4,7,16,20-21H,2-3,5-6,8-15,17-18H2,1H3,(H,23,24);1H. The van der Waals surface area contributed by atoms with E-state index in [1.54, 1.807) is 13.4 Å². The Kier molecular flexibility index (Phi) is 12.7. The van der Waals surface area contributed by atoms with Gasteiger partial charge in [0.1, 0.15) is 5.76 Å². The fourth-order valence-electron chi connectivity index (χ4n) is 3.85. The van der Waals surface area contributed by atoms with Crippen LogP contribution in [0.25, 0.3) is 0 Å². The van der Waals surface area contributed by atoms with Gasteiger partial charge in [-0.2, -0.15) is 0 Å². The second kappa shape index (κ2) is 15.0. The SMILES string of the molecule is COCCCOC1CCN(C(=NCC2CCCCO2)NCCc2ccco2)CC1.I. The number of aliphatic imine (C=N–C) groups is 1. The van der Waals surface area contributed by atoms with Crippen molar-refractivity contribution in [1.29, 1.82) is 0 Å². The summed E-state index contributed by atoms with van der Waals surface area (Å²) in [5, 5.41) is 3.55. The van der Waals surface area contributed by atoms with Gasteiger partial charge in [-0.3, -0.25) is 4.99 Å². The van der Waals surface area contributed by atoms with E-state index >= 15 is 0 Å². The number of piperidine rings is 1. The van der Waals surface area contributed by atoms with Crippen LogP contribution in [-0.2, 0) is 20.6 Å². The van der Waals surface area contributed by atoms with Crippen LogP contribution in [0.3, 0.4) is 0 Å². The van der Waals surface area contributed by atoms with Crippen LogP contribution in [0.15, 0.2) is 27.8 Å². The van der Waals surface area contributed by atoms with E-state index in [1.165, 1.54) is 12.8 Å². The van der Waals surface area contributed by atoms with Gasteiger partial charge < -0.3 is 28.8 Å². The third-order valence-corrected chi connectivity index (χ3v) is 5.54. The summed E-state index contributed by atoms with van der Waals surface area (Å²) in [6, 6.07) is 3.95. The molecule has 0 spiro atoms. The lowest BCUT2D eigenvalue weighted by Gasteiger charge is -2.34. The van der Waals surface area contributed by atoms with E-state index in [0.717, 1.165) is 89.8 Å². The van der Waals surface area contributed by atoms with Gasteiger partial charge in [-0.25, -0.2) is 0 Å². The monoisotopic (exact) mass is 535 g/mol. The highest BCUT2D eigenvalue weighted by Gasteiger charge is 2.23. The number of methoxy groups -OCH3 is 1. The van der Waals surface area contributed by atoms with E-state index in [-0.39, 0.29) is 30.1 Å². The molecule has 0 bridgehead atoms. The highest BCUT2D eigenvalue weighted by atomic mass is 127. The summed E-state index contributed by atoms with van der Waals surface area (Å²) < 4.78 is 22.4. The lowest BCUT2D eigenvalue weighted by Crippen LogP contribution is -2.48. The van der Waals surface area contributed by atoms with E-state index in [1.807, 2.05) is 12.1 Å². The average molecular weight is 535 g/mol. The van der Waals surface area contributed by atoms with Crippen LogP contribution in [0.1, 0.15) is 44.3 Å². The quantitative estimate of drug-likeness (QED) is 0.214. The van der Waals surface area contributed by atoms with Crippen LogP contribution >= 0.6 is 24.0 Å². The maximum Gasteiger partial charge on any atom is 0.194 e. The van der Waals surface area contributed by atoms with Gasteiger partial charge in [-0.05, 0) is 50.7 Å². The predicted octanol–water partition coefficient (Wildman–Crippen LogP) is 3.47. The van der Waals surface area contributed by atoms with Gasteiger partial charge in [-0.1, -0.05) is 0 Å². The van der Waals surface area contributed by atoms with Crippen LogP contribution in [0, 0.1) is 0 Å². The summed E-state index contributed by atoms with van der Waals surface area (Å²) in [7, 11) is 1.73. The lowest BCUT2D eigenvalue weighted by atomic mass is 10.1. The van der Waals surface area contributed by atoms with E-state index in [4.69, 9.17) is 23.6 Å². The second-order valence-corrected chi connectivity index (χ2v) is 7.81. The van der Waals surface area contributed by atoms with Gasteiger partial charge in [0.2, 0.25) is 0 Å². The molecule has 0 saturated carbocycles. The molecule has 0 aromatic carbocycles. The summed E-state index contributed by atoms with van der Waals surface area (Å²) in [5.41, 5.74) is 0. The molecule has 3 rings (SSSR count). The Hall–Kier alpha value is -0.840. The Balaban J connectivity index is 0.00000320. The molecule has 1 aromatic heterocycles. The van der Waals surface area contributed by atoms with Crippen LogP contribution in [-0.4, -0.2) is 76.2 Å². The number of nitrogens with one attached hydrogen (secondary N) is 1. The summed E-state index contributed by atoms with van der Waals surface area (Å²) in [6.45, 7) is 5.88. The van der Waals surface area contributed by atoms with E-state index < -0.39 is 0 Å². The lowest BCUT2D eigenvalue weighted by molar-refractivity contribution is 0.00938. The number of hydrogen-bond acceptors (Lipinski definition) is 5. The first-order valence-corrected chi connectivity index (χ1v) is 11.1. The van der Waals surface area contributed by atoms with Crippen molar-refractivity contribution in [3.63, 3.8) is 0 Å². The number of nitrogens with zero attached hydrogens (tertiary/aromatic N) is 2. The predicted molar refractivity (Wildman–Crippen MR) is 129 cm³/mol. The number of likely N-dealkylation sites (tertiary alicyclic amines) is 1. The van der Waals surface area contributed by atoms with E-state index in [0.29, 0.717) is 6.10 Å². The molecule has 1 aromatic rings. The first kappa shape index (κ1) is 25.4. The molecule has 0 amide bonds. The number of furan rings is 1. The minimum atomic E-state index is 0. The van der Waals surface area contributed by atoms with E-state index in [2.05, 4.69) is 10.2 Å². The summed E-state index contributed by atoms with van der Waals surface area (Å²) in [6.07, 6.45) is 9.73. The van der Waals surface area contributed by atoms with Gasteiger partial charge >= 0.3 is 0 Å². The molecule has 2 aliphatic rings. The van der Waals surface area contributed by atoms with Gasteiger partial charge in [0, 0.05) is 53.0 Å². The molecule has 172 valence electrons. The van der Waals surface area contributed by atoms with Crippen LogP contribution in [0.4, 0.5) is 0 Å². The molecule has 1 atom stereocenters. The Morgan fingerprint density at radius 2 is 2.10 bits per heavy atom. The molecule has 0 aliphatic carbocycles. The van der Waals surface area contributed by atoms with Crippen molar-refractivity contribution in [3.8, 4) is 0 Å². The smallest absolute Gasteiger partial charge is 0.194 e. The zero-order valence-corrected chi connectivity index (χ0v) is 20.6. The molecule has 0 radical (unpaired) electrons. The fourth-order valence-corrected chi connectivity index (χ4v) is 3.85. The molecule has 2 saturated heterocycles. The number of rotatable bonds is 10. The zero-order chi connectivity index (χ0) is 20.2. The Morgan fingerprint density at radius 1 is 1.23 bits per heavy atom. The summed E-state index contributed by atoms with van der Waals surface area (Å²) >= 11 is 0.